The Bertz CT molecular complexity index is 676. The highest BCUT2D eigenvalue weighted by atomic mass is 35.5. The molecule has 1 heterocycles. The van der Waals surface area contributed by atoms with Crippen molar-refractivity contribution in [3.63, 3.8) is 0 Å². The zero-order chi connectivity index (χ0) is 15.8. The SMILES string of the molecule is O=C1NC(c2ccc(OS(=O)(=O)C(F)(F)F)c(Cl)c2)CO1. The van der Waals surface area contributed by atoms with E-state index in [1.807, 2.05) is 0 Å². The molecular weight excluding hydrogens is 339 g/mol. The first-order valence-corrected chi connectivity index (χ1v) is 7.12. The summed E-state index contributed by atoms with van der Waals surface area (Å²) >= 11 is 5.69. The largest absolute Gasteiger partial charge is 0.534 e. The van der Waals surface area contributed by atoms with Crippen molar-refractivity contribution >= 4 is 27.8 Å². The fraction of sp³-hybridized carbons (Fsp3) is 0.300. The first-order valence-electron chi connectivity index (χ1n) is 5.33. The van der Waals surface area contributed by atoms with Gasteiger partial charge in [0.15, 0.2) is 5.75 Å². The predicted molar refractivity (Wildman–Crippen MR) is 64.3 cm³/mol. The summed E-state index contributed by atoms with van der Waals surface area (Å²) in [7, 11) is -5.79. The van der Waals surface area contributed by atoms with Crippen molar-refractivity contribution in [2.24, 2.45) is 0 Å². The number of ether oxygens (including phenoxy) is 1. The quantitative estimate of drug-likeness (QED) is 0.671. The van der Waals surface area contributed by atoms with Crippen LogP contribution in [0.2, 0.25) is 5.02 Å². The zero-order valence-corrected chi connectivity index (χ0v) is 11.6. The van der Waals surface area contributed by atoms with Gasteiger partial charge in [0.1, 0.15) is 6.61 Å². The third kappa shape index (κ3) is 3.32. The minimum atomic E-state index is -5.79. The smallest absolute Gasteiger partial charge is 0.447 e. The standard InChI is InChI=1S/C10H7ClF3NO5S/c11-6-3-5(7-4-19-9(16)15-7)1-2-8(6)20-21(17,18)10(12,13)14/h1-3,7H,4H2,(H,15,16). The molecule has 0 spiro atoms. The van der Waals surface area contributed by atoms with Gasteiger partial charge in [-0.2, -0.15) is 21.6 Å². The second kappa shape index (κ2) is 5.26. The summed E-state index contributed by atoms with van der Waals surface area (Å²) in [5.74, 6) is -0.664. The average Bonchev–Trinajstić information content (AvgIpc) is 2.77. The molecule has 0 saturated carbocycles. The molecule has 116 valence electrons. The predicted octanol–water partition coefficient (Wildman–Crippen LogP) is 2.35. The van der Waals surface area contributed by atoms with Crippen molar-refractivity contribution in [2.75, 3.05) is 6.61 Å². The first kappa shape index (κ1) is 15.7. The molecule has 0 radical (unpaired) electrons. The lowest BCUT2D eigenvalue weighted by Gasteiger charge is -2.13. The Labute approximate surface area is 121 Å². The monoisotopic (exact) mass is 345 g/mol. The summed E-state index contributed by atoms with van der Waals surface area (Å²) in [5, 5.41) is 2.08. The van der Waals surface area contributed by atoms with Crippen molar-refractivity contribution in [2.45, 2.75) is 11.6 Å². The summed E-state index contributed by atoms with van der Waals surface area (Å²) in [5.41, 5.74) is -5.12. The number of nitrogens with one attached hydrogen (secondary N) is 1. The Morgan fingerprint density at radius 1 is 1.38 bits per heavy atom. The van der Waals surface area contributed by atoms with E-state index in [0.717, 1.165) is 6.07 Å². The number of amides is 1. The fourth-order valence-corrected chi connectivity index (χ4v) is 2.28. The number of hydrogen-bond acceptors (Lipinski definition) is 5. The average molecular weight is 346 g/mol. The number of hydrogen-bond donors (Lipinski definition) is 1. The van der Waals surface area contributed by atoms with E-state index in [1.165, 1.54) is 12.1 Å². The van der Waals surface area contributed by atoms with Gasteiger partial charge in [-0.25, -0.2) is 4.79 Å². The van der Waals surface area contributed by atoms with Crippen molar-refractivity contribution in [3.8, 4) is 5.75 Å². The summed E-state index contributed by atoms with van der Waals surface area (Å²) in [4.78, 5) is 10.9. The minimum absolute atomic E-state index is 0.0240. The molecule has 1 atom stereocenters. The lowest BCUT2D eigenvalue weighted by Crippen LogP contribution is -2.28. The number of rotatable bonds is 3. The minimum Gasteiger partial charge on any atom is -0.447 e. The highest BCUT2D eigenvalue weighted by Gasteiger charge is 2.48. The Balaban J connectivity index is 2.23. The van der Waals surface area contributed by atoms with E-state index in [9.17, 15) is 26.4 Å². The van der Waals surface area contributed by atoms with Crippen molar-refractivity contribution in [1.82, 2.24) is 5.32 Å². The lowest BCUT2D eigenvalue weighted by molar-refractivity contribution is -0.0500. The van der Waals surface area contributed by atoms with Crippen LogP contribution in [-0.2, 0) is 14.9 Å². The molecule has 1 unspecified atom stereocenters. The normalized spacial score (nSPS) is 19.0. The summed E-state index contributed by atoms with van der Waals surface area (Å²) in [6.07, 6.45) is -0.643. The van der Waals surface area contributed by atoms with Crippen LogP contribution >= 0.6 is 11.6 Å². The first-order chi connectivity index (χ1) is 9.60. The van der Waals surface area contributed by atoms with E-state index in [1.54, 1.807) is 0 Å². The third-order valence-corrected chi connectivity index (χ3v) is 3.78. The van der Waals surface area contributed by atoms with Crippen LogP contribution in [-0.4, -0.2) is 26.6 Å². The number of benzene rings is 1. The maximum Gasteiger partial charge on any atom is 0.534 e. The van der Waals surface area contributed by atoms with Crippen LogP contribution in [0, 0.1) is 0 Å². The molecule has 6 nitrogen and oxygen atoms in total. The van der Waals surface area contributed by atoms with E-state index < -0.39 is 33.5 Å². The van der Waals surface area contributed by atoms with Gasteiger partial charge < -0.3 is 14.2 Å². The Morgan fingerprint density at radius 3 is 2.52 bits per heavy atom. The van der Waals surface area contributed by atoms with Gasteiger partial charge in [0.25, 0.3) is 0 Å². The van der Waals surface area contributed by atoms with Gasteiger partial charge in [-0.15, -0.1) is 0 Å². The Morgan fingerprint density at radius 2 is 2.05 bits per heavy atom. The molecule has 1 fully saturated rings. The molecule has 1 amide bonds. The van der Waals surface area contributed by atoms with Crippen LogP contribution in [0.3, 0.4) is 0 Å². The molecule has 1 aliphatic heterocycles. The van der Waals surface area contributed by atoms with Gasteiger partial charge >= 0.3 is 21.7 Å². The highest BCUT2D eigenvalue weighted by molar-refractivity contribution is 7.88. The molecule has 0 bridgehead atoms. The van der Waals surface area contributed by atoms with E-state index >= 15 is 0 Å². The van der Waals surface area contributed by atoms with Crippen LogP contribution in [0.25, 0.3) is 0 Å². The van der Waals surface area contributed by atoms with E-state index in [4.69, 9.17) is 11.6 Å². The number of alkyl carbamates (subject to hydrolysis) is 1. The number of alkyl halides is 3. The molecule has 1 aromatic carbocycles. The summed E-state index contributed by atoms with van der Waals surface area (Å²) in [6.45, 7) is 0.0240. The van der Waals surface area contributed by atoms with Gasteiger partial charge in [-0.05, 0) is 17.7 Å². The van der Waals surface area contributed by atoms with Crippen LogP contribution in [0.4, 0.5) is 18.0 Å². The molecule has 1 aliphatic rings. The Kier molecular flexibility index (Phi) is 3.93. The topological polar surface area (TPSA) is 81.7 Å². The van der Waals surface area contributed by atoms with Crippen LogP contribution in [0.1, 0.15) is 11.6 Å². The van der Waals surface area contributed by atoms with Gasteiger partial charge in [0.2, 0.25) is 0 Å². The van der Waals surface area contributed by atoms with Crippen LogP contribution in [0.15, 0.2) is 18.2 Å². The highest BCUT2D eigenvalue weighted by Crippen LogP contribution is 2.33. The second-order valence-corrected chi connectivity index (χ2v) is 5.91. The molecule has 1 saturated heterocycles. The zero-order valence-electron chi connectivity index (χ0n) is 9.98. The number of carbonyl (C=O) groups excluding carboxylic acids is 1. The molecule has 1 aromatic rings. The van der Waals surface area contributed by atoms with Crippen LogP contribution in [0.5, 0.6) is 5.75 Å². The summed E-state index contributed by atoms with van der Waals surface area (Å²) < 4.78 is 66.9. The fourth-order valence-electron chi connectivity index (χ4n) is 1.53. The number of halogens is 4. The van der Waals surface area contributed by atoms with Gasteiger partial charge in [-0.3, -0.25) is 0 Å². The van der Waals surface area contributed by atoms with Gasteiger partial charge in [-0.1, -0.05) is 17.7 Å². The summed E-state index contributed by atoms with van der Waals surface area (Å²) in [6, 6.07) is 2.89. The molecule has 11 heteroatoms. The maximum absolute atomic E-state index is 12.2. The molecule has 2 rings (SSSR count). The third-order valence-electron chi connectivity index (χ3n) is 2.51. The number of carbonyl (C=O) groups is 1. The van der Waals surface area contributed by atoms with E-state index in [0.29, 0.717) is 5.56 Å². The maximum atomic E-state index is 12.2. The lowest BCUT2D eigenvalue weighted by atomic mass is 10.1. The second-order valence-electron chi connectivity index (χ2n) is 3.97. The van der Waals surface area contributed by atoms with Crippen LogP contribution < -0.4 is 9.50 Å². The molecule has 0 aliphatic carbocycles. The Hall–Kier alpha value is -1.68. The van der Waals surface area contributed by atoms with Crippen molar-refractivity contribution < 1.29 is 35.3 Å². The van der Waals surface area contributed by atoms with Gasteiger partial charge in [0.05, 0.1) is 11.1 Å². The molecular formula is C10H7ClF3NO5S. The number of cyclic esters (lactones) is 1. The van der Waals surface area contributed by atoms with E-state index in [-0.39, 0.29) is 11.6 Å². The van der Waals surface area contributed by atoms with Crippen molar-refractivity contribution in [1.29, 1.82) is 0 Å². The molecule has 0 aromatic heterocycles. The molecule has 21 heavy (non-hydrogen) atoms. The van der Waals surface area contributed by atoms with E-state index in [2.05, 4.69) is 14.2 Å². The molecule has 1 N–H and O–H groups in total. The van der Waals surface area contributed by atoms with Crippen molar-refractivity contribution in [3.05, 3.63) is 28.8 Å². The van der Waals surface area contributed by atoms with Gasteiger partial charge in [0, 0.05) is 0 Å².